The number of nitrogens with one attached hydrogen (secondary N) is 1. The van der Waals surface area contributed by atoms with E-state index in [0.29, 0.717) is 11.5 Å². The molecule has 0 saturated carbocycles. The van der Waals surface area contributed by atoms with Crippen LogP contribution in [0.25, 0.3) is 0 Å². The van der Waals surface area contributed by atoms with Gasteiger partial charge in [-0.1, -0.05) is 72.8 Å². The molecule has 1 aliphatic heterocycles. The van der Waals surface area contributed by atoms with Gasteiger partial charge in [0.05, 0.1) is 6.04 Å². The van der Waals surface area contributed by atoms with Crippen molar-refractivity contribution in [1.82, 2.24) is 10.2 Å². The summed E-state index contributed by atoms with van der Waals surface area (Å²) >= 11 is 0. The fourth-order valence-electron chi connectivity index (χ4n) is 5.90. The van der Waals surface area contributed by atoms with Crippen molar-refractivity contribution < 1.29 is 9.59 Å². The van der Waals surface area contributed by atoms with Gasteiger partial charge in [0.2, 0.25) is 0 Å². The van der Waals surface area contributed by atoms with Gasteiger partial charge in [0.15, 0.2) is 5.78 Å². The fourth-order valence-corrected chi connectivity index (χ4v) is 5.90. The van der Waals surface area contributed by atoms with Gasteiger partial charge in [-0.25, -0.2) is 0 Å². The highest BCUT2D eigenvalue weighted by molar-refractivity contribution is 6.05. The molecule has 2 atom stereocenters. The third kappa shape index (κ3) is 5.44. The van der Waals surface area contributed by atoms with Crippen LogP contribution in [0.4, 0.5) is 0 Å². The molecular formula is C32H36N2O2. The lowest BCUT2D eigenvalue weighted by Crippen LogP contribution is -2.36. The Morgan fingerprint density at radius 2 is 1.61 bits per heavy atom. The molecule has 1 heterocycles. The third-order valence-corrected chi connectivity index (χ3v) is 8.10. The van der Waals surface area contributed by atoms with Gasteiger partial charge in [0.1, 0.15) is 0 Å². The van der Waals surface area contributed by atoms with Crippen molar-refractivity contribution in [3.8, 4) is 0 Å². The molecule has 1 aliphatic carbocycles. The number of amides is 1. The second-order valence-corrected chi connectivity index (χ2v) is 10.4. The van der Waals surface area contributed by atoms with Crippen molar-refractivity contribution in [2.45, 2.75) is 51.0 Å². The van der Waals surface area contributed by atoms with Crippen LogP contribution in [-0.4, -0.2) is 36.2 Å². The first kappa shape index (κ1) is 24.5. The zero-order valence-corrected chi connectivity index (χ0v) is 21.2. The van der Waals surface area contributed by atoms with E-state index in [1.54, 1.807) is 0 Å². The zero-order valence-electron chi connectivity index (χ0n) is 21.2. The summed E-state index contributed by atoms with van der Waals surface area (Å²) in [7, 11) is 0. The molecule has 4 nitrogen and oxygen atoms in total. The van der Waals surface area contributed by atoms with E-state index in [1.165, 1.54) is 18.4 Å². The number of likely N-dealkylation sites (tertiary alicyclic amines) is 1. The number of rotatable bonds is 7. The van der Waals surface area contributed by atoms with Crippen molar-refractivity contribution in [2.24, 2.45) is 5.92 Å². The van der Waals surface area contributed by atoms with E-state index in [4.69, 9.17) is 0 Å². The molecule has 36 heavy (non-hydrogen) atoms. The van der Waals surface area contributed by atoms with Crippen molar-refractivity contribution in [3.63, 3.8) is 0 Å². The van der Waals surface area contributed by atoms with E-state index >= 15 is 0 Å². The standard InChI is InChI=1S/C32H36N2O2/c1-23(24-9-4-2-5-10-24)33-32(36)30-14-8-13-29-28(30)16-15-27(31(29)35)19-22-34-20-17-26(18-21-34)25-11-6-3-7-12-25/h2-14,23,26-27H,15-22H2,1H3,(H,33,36)/t23-,27?/m1/s1. The lowest BCUT2D eigenvalue weighted by atomic mass is 9.79. The topological polar surface area (TPSA) is 49.4 Å². The highest BCUT2D eigenvalue weighted by Crippen LogP contribution is 2.32. The summed E-state index contributed by atoms with van der Waals surface area (Å²) in [5.74, 6) is 0.808. The molecule has 1 fully saturated rings. The molecule has 0 bridgehead atoms. The van der Waals surface area contributed by atoms with Gasteiger partial charge in [-0.3, -0.25) is 9.59 Å². The number of fused-ring (bicyclic) bond motifs is 1. The van der Waals surface area contributed by atoms with E-state index in [0.717, 1.165) is 55.6 Å². The Bertz CT molecular complexity index is 1180. The molecule has 1 unspecified atom stereocenters. The number of carbonyl (C=O) groups excluding carboxylic acids is 2. The number of piperidine rings is 1. The largest absolute Gasteiger partial charge is 0.346 e. The van der Waals surface area contributed by atoms with E-state index in [1.807, 2.05) is 55.5 Å². The van der Waals surface area contributed by atoms with Gasteiger partial charge < -0.3 is 10.2 Å². The van der Waals surface area contributed by atoms with Crippen LogP contribution in [-0.2, 0) is 6.42 Å². The molecule has 0 radical (unpaired) electrons. The number of Topliss-reactive ketones (excluding diaryl/α,β-unsaturated/α-hetero) is 1. The Morgan fingerprint density at radius 1 is 0.917 bits per heavy atom. The number of hydrogen-bond donors (Lipinski definition) is 1. The van der Waals surface area contributed by atoms with Crippen molar-refractivity contribution in [3.05, 3.63) is 107 Å². The van der Waals surface area contributed by atoms with Crippen LogP contribution >= 0.6 is 0 Å². The molecule has 2 aliphatic rings. The predicted octanol–water partition coefficient (Wildman–Crippen LogP) is 6.19. The number of ketones is 1. The smallest absolute Gasteiger partial charge is 0.252 e. The maximum absolute atomic E-state index is 13.4. The lowest BCUT2D eigenvalue weighted by molar-refractivity contribution is 0.0876. The molecule has 5 rings (SSSR count). The summed E-state index contributed by atoms with van der Waals surface area (Å²) in [6.07, 6.45) is 4.88. The minimum Gasteiger partial charge on any atom is -0.346 e. The SMILES string of the molecule is C[C@@H](NC(=O)c1cccc2c1CCC(CCN1CCC(c3ccccc3)CC1)C2=O)c1ccccc1. The van der Waals surface area contributed by atoms with Crippen LogP contribution in [0.15, 0.2) is 78.9 Å². The van der Waals surface area contributed by atoms with Crippen molar-refractivity contribution in [2.75, 3.05) is 19.6 Å². The van der Waals surface area contributed by atoms with Gasteiger partial charge in [-0.2, -0.15) is 0 Å². The summed E-state index contributed by atoms with van der Waals surface area (Å²) < 4.78 is 0. The summed E-state index contributed by atoms with van der Waals surface area (Å²) in [4.78, 5) is 29.0. The van der Waals surface area contributed by atoms with Crippen LogP contribution in [0.3, 0.4) is 0 Å². The van der Waals surface area contributed by atoms with Crippen LogP contribution < -0.4 is 5.32 Å². The van der Waals surface area contributed by atoms with E-state index in [9.17, 15) is 9.59 Å². The number of nitrogens with zero attached hydrogens (tertiary/aromatic N) is 1. The number of benzene rings is 3. The second-order valence-electron chi connectivity index (χ2n) is 10.4. The van der Waals surface area contributed by atoms with Gasteiger partial charge >= 0.3 is 0 Å². The van der Waals surface area contributed by atoms with Crippen LogP contribution in [0.5, 0.6) is 0 Å². The fraction of sp³-hybridized carbons (Fsp3) is 0.375. The summed E-state index contributed by atoms with van der Waals surface area (Å²) in [6, 6.07) is 26.3. The zero-order chi connectivity index (χ0) is 24.9. The second kappa shape index (κ2) is 11.2. The summed E-state index contributed by atoms with van der Waals surface area (Å²) in [5, 5.41) is 3.12. The minimum absolute atomic E-state index is 0.0471. The van der Waals surface area contributed by atoms with Gasteiger partial charge in [0.25, 0.3) is 5.91 Å². The molecule has 1 amide bonds. The molecule has 0 spiro atoms. The molecule has 1 saturated heterocycles. The molecule has 1 N–H and O–H groups in total. The monoisotopic (exact) mass is 480 g/mol. The Morgan fingerprint density at radius 3 is 2.33 bits per heavy atom. The van der Waals surface area contributed by atoms with Gasteiger partial charge in [-0.05, 0) is 87.3 Å². The molecular weight excluding hydrogens is 444 g/mol. The average Bonchev–Trinajstić information content (AvgIpc) is 2.93. The first-order valence-corrected chi connectivity index (χ1v) is 13.4. The Hall–Kier alpha value is -3.24. The lowest BCUT2D eigenvalue weighted by Gasteiger charge is -2.33. The van der Waals surface area contributed by atoms with Crippen LogP contribution in [0, 0.1) is 5.92 Å². The Labute approximate surface area is 214 Å². The highest BCUT2D eigenvalue weighted by atomic mass is 16.1. The molecule has 186 valence electrons. The molecule has 3 aromatic rings. The molecule has 4 heteroatoms. The summed E-state index contributed by atoms with van der Waals surface area (Å²) in [5.41, 5.74) is 4.83. The maximum Gasteiger partial charge on any atom is 0.252 e. The Kier molecular flexibility index (Phi) is 7.62. The summed E-state index contributed by atoms with van der Waals surface area (Å²) in [6.45, 7) is 5.16. The quantitative estimate of drug-likeness (QED) is 0.438. The van der Waals surface area contributed by atoms with Gasteiger partial charge in [0, 0.05) is 17.0 Å². The molecule has 3 aromatic carbocycles. The van der Waals surface area contributed by atoms with Crippen molar-refractivity contribution in [1.29, 1.82) is 0 Å². The van der Waals surface area contributed by atoms with E-state index in [2.05, 4.69) is 40.5 Å². The van der Waals surface area contributed by atoms with E-state index in [-0.39, 0.29) is 23.7 Å². The van der Waals surface area contributed by atoms with Crippen molar-refractivity contribution >= 4 is 11.7 Å². The number of hydrogen-bond acceptors (Lipinski definition) is 3. The third-order valence-electron chi connectivity index (χ3n) is 8.10. The van der Waals surface area contributed by atoms with E-state index < -0.39 is 0 Å². The highest BCUT2D eigenvalue weighted by Gasteiger charge is 2.31. The Balaban J connectivity index is 1.17. The van der Waals surface area contributed by atoms with Crippen LogP contribution in [0.1, 0.15) is 82.0 Å². The van der Waals surface area contributed by atoms with Crippen LogP contribution in [0.2, 0.25) is 0 Å². The minimum atomic E-state index is -0.101. The first-order valence-electron chi connectivity index (χ1n) is 13.4. The molecule has 0 aromatic heterocycles. The maximum atomic E-state index is 13.4. The van der Waals surface area contributed by atoms with Gasteiger partial charge in [-0.15, -0.1) is 0 Å². The number of carbonyl (C=O) groups is 2. The predicted molar refractivity (Wildman–Crippen MR) is 144 cm³/mol. The average molecular weight is 481 g/mol. The normalized spacial score (nSPS) is 19.5. The first-order chi connectivity index (χ1) is 17.6.